The van der Waals surface area contributed by atoms with Gasteiger partial charge in [0, 0.05) is 42.5 Å². The zero-order valence-electron chi connectivity index (χ0n) is 23.9. The van der Waals surface area contributed by atoms with Gasteiger partial charge in [-0.1, -0.05) is 66.7 Å². The van der Waals surface area contributed by atoms with Gasteiger partial charge in [-0.2, -0.15) is 0 Å². The Hall–Kier alpha value is -4.10. The van der Waals surface area contributed by atoms with E-state index in [1.54, 1.807) is 0 Å². The largest absolute Gasteiger partial charge is 0.496 e. The van der Waals surface area contributed by atoms with Crippen LogP contribution < -0.4 is 5.46 Å². The van der Waals surface area contributed by atoms with Crippen molar-refractivity contribution in [2.45, 2.75) is 38.9 Å². The summed E-state index contributed by atoms with van der Waals surface area (Å²) in [6.45, 7) is 8.49. The van der Waals surface area contributed by atoms with Crippen LogP contribution in [0, 0.1) is 0 Å². The van der Waals surface area contributed by atoms with Gasteiger partial charge in [-0.25, -0.2) is 0 Å². The van der Waals surface area contributed by atoms with Crippen LogP contribution in [-0.4, -0.2) is 27.1 Å². The van der Waals surface area contributed by atoms with E-state index in [2.05, 4.69) is 127 Å². The van der Waals surface area contributed by atoms with E-state index in [4.69, 9.17) is 9.31 Å². The third-order valence-corrected chi connectivity index (χ3v) is 11.3. The van der Waals surface area contributed by atoms with E-state index in [-0.39, 0.29) is 0 Å². The van der Waals surface area contributed by atoms with Gasteiger partial charge in [-0.05, 0) is 52.0 Å². The summed E-state index contributed by atoms with van der Waals surface area (Å²) in [4.78, 5) is 0. The molecule has 5 heterocycles. The number of nitrogens with zero attached hydrogens (tertiary/aromatic N) is 2. The highest BCUT2D eigenvalue weighted by Gasteiger charge is 2.52. The number of aromatic nitrogens is 2. The molecule has 42 heavy (non-hydrogen) atoms. The highest BCUT2D eigenvalue weighted by molar-refractivity contribution is 7.28. The molecule has 202 valence electrons. The van der Waals surface area contributed by atoms with Gasteiger partial charge in [0.15, 0.2) is 0 Å². The van der Waals surface area contributed by atoms with Gasteiger partial charge in [0.1, 0.15) is 0 Å². The van der Waals surface area contributed by atoms with Crippen molar-refractivity contribution in [1.82, 2.24) is 8.80 Å². The minimum absolute atomic E-state index is 0.396. The molecule has 4 nitrogen and oxygen atoms in total. The maximum Gasteiger partial charge on any atom is 0.496 e. The topological polar surface area (TPSA) is 27.3 Å². The van der Waals surface area contributed by atoms with E-state index >= 15 is 0 Å². The average Bonchev–Trinajstić information content (AvgIpc) is 3.69. The first-order chi connectivity index (χ1) is 20.3. The SMILES string of the molecule is CC1(C)OB(c2cccc3c2sc2c3cc3c4ccccc4n4c5cccc6c7ccccc7n(c65)c2c34)OC1(C)C. The molecule has 0 N–H and O–H groups in total. The number of hydrogen-bond donors (Lipinski definition) is 0. The second-order valence-corrected chi connectivity index (χ2v) is 13.8. The maximum absolute atomic E-state index is 6.57. The van der Waals surface area contributed by atoms with E-state index in [1.807, 2.05) is 11.3 Å². The third kappa shape index (κ3) is 2.63. The summed E-state index contributed by atoms with van der Waals surface area (Å²) in [6, 6.07) is 33.5. The molecule has 0 bridgehead atoms. The van der Waals surface area contributed by atoms with Gasteiger partial charge in [-0.15, -0.1) is 11.3 Å². The lowest BCUT2D eigenvalue weighted by Gasteiger charge is -2.32. The summed E-state index contributed by atoms with van der Waals surface area (Å²) >= 11 is 1.87. The number of benzene rings is 5. The first kappa shape index (κ1) is 23.5. The molecule has 1 saturated heterocycles. The Kier molecular flexibility index (Phi) is 4.16. The average molecular weight is 563 g/mol. The Morgan fingerprint density at radius 2 is 1.12 bits per heavy atom. The molecular weight excluding hydrogens is 535 g/mol. The molecule has 9 aromatic rings. The van der Waals surface area contributed by atoms with Crippen molar-refractivity contribution in [2.75, 3.05) is 0 Å². The highest BCUT2D eigenvalue weighted by Crippen LogP contribution is 2.47. The van der Waals surface area contributed by atoms with Crippen LogP contribution >= 0.6 is 11.3 Å². The van der Waals surface area contributed by atoms with E-state index in [1.165, 1.54) is 74.8 Å². The molecule has 6 heteroatoms. The minimum Gasteiger partial charge on any atom is -0.399 e. The summed E-state index contributed by atoms with van der Waals surface area (Å²) in [5.74, 6) is 0. The van der Waals surface area contributed by atoms with E-state index in [0.717, 1.165) is 5.46 Å². The number of thiophene rings is 1. The first-order valence-electron chi connectivity index (χ1n) is 14.6. The van der Waals surface area contributed by atoms with Crippen LogP contribution in [0.5, 0.6) is 0 Å². The van der Waals surface area contributed by atoms with Crippen molar-refractivity contribution in [3.63, 3.8) is 0 Å². The van der Waals surface area contributed by atoms with E-state index in [0.29, 0.717) is 0 Å². The van der Waals surface area contributed by atoms with Crippen molar-refractivity contribution in [3.8, 4) is 0 Å². The zero-order valence-corrected chi connectivity index (χ0v) is 24.7. The minimum atomic E-state index is -0.410. The molecule has 1 aliphatic rings. The summed E-state index contributed by atoms with van der Waals surface area (Å²) in [5, 5.41) is 7.68. The fourth-order valence-electron chi connectivity index (χ4n) is 7.40. The molecule has 0 radical (unpaired) electrons. The molecule has 0 amide bonds. The van der Waals surface area contributed by atoms with Crippen LogP contribution in [0.1, 0.15) is 27.7 Å². The molecule has 5 aromatic carbocycles. The van der Waals surface area contributed by atoms with Gasteiger partial charge in [0.2, 0.25) is 0 Å². The molecule has 0 spiro atoms. The van der Waals surface area contributed by atoms with Gasteiger partial charge in [0.25, 0.3) is 0 Å². The van der Waals surface area contributed by atoms with Crippen LogP contribution in [0.15, 0.2) is 91.0 Å². The zero-order chi connectivity index (χ0) is 28.1. The van der Waals surface area contributed by atoms with E-state index < -0.39 is 18.3 Å². The van der Waals surface area contributed by atoms with Gasteiger partial charge < -0.3 is 18.1 Å². The second kappa shape index (κ2) is 7.45. The molecule has 1 aliphatic heterocycles. The van der Waals surface area contributed by atoms with Crippen LogP contribution in [0.3, 0.4) is 0 Å². The molecular formula is C36H27BN2O2S. The number of rotatable bonds is 1. The fourth-order valence-corrected chi connectivity index (χ4v) is 8.74. The molecule has 0 atom stereocenters. The molecule has 0 unspecified atom stereocenters. The normalized spacial score (nSPS) is 17.2. The fraction of sp³-hybridized carbons (Fsp3) is 0.167. The summed E-state index contributed by atoms with van der Waals surface area (Å²) in [6.07, 6.45) is 0. The molecule has 4 aromatic heterocycles. The standard InChI is InChI=1S/C36H27BN2O2S/c1-35(2)36(3,4)41-37(40-35)26-15-9-14-23-25-19-24-21-12-6-7-16-27(21)38-29-18-10-13-22-20-11-5-8-17-28(20)39(30(22)29)32(31(24)38)34(25)42-33(23)26/h5-19H,1-4H3. The Labute approximate surface area is 246 Å². The molecule has 0 aliphatic carbocycles. The Morgan fingerprint density at radius 3 is 1.88 bits per heavy atom. The van der Waals surface area contributed by atoms with Crippen LogP contribution in [0.4, 0.5) is 0 Å². The Bertz CT molecular complexity index is 2590. The Morgan fingerprint density at radius 1 is 0.524 bits per heavy atom. The van der Waals surface area contributed by atoms with Gasteiger partial charge in [-0.3, -0.25) is 0 Å². The highest BCUT2D eigenvalue weighted by atomic mass is 32.1. The lowest BCUT2D eigenvalue weighted by atomic mass is 9.78. The molecule has 10 rings (SSSR count). The van der Waals surface area contributed by atoms with Crippen molar-refractivity contribution < 1.29 is 9.31 Å². The third-order valence-electron chi connectivity index (χ3n) is 10.1. The second-order valence-electron chi connectivity index (χ2n) is 12.8. The van der Waals surface area contributed by atoms with Gasteiger partial charge >= 0.3 is 7.12 Å². The van der Waals surface area contributed by atoms with E-state index in [9.17, 15) is 0 Å². The number of hydrogen-bond acceptors (Lipinski definition) is 3. The predicted molar refractivity (Wildman–Crippen MR) is 178 cm³/mol. The van der Waals surface area contributed by atoms with Crippen molar-refractivity contribution >= 4 is 98.7 Å². The van der Waals surface area contributed by atoms with Crippen molar-refractivity contribution in [1.29, 1.82) is 0 Å². The van der Waals surface area contributed by atoms with Crippen molar-refractivity contribution in [3.05, 3.63) is 91.0 Å². The van der Waals surface area contributed by atoms with Gasteiger partial charge in [0.05, 0.1) is 49.0 Å². The van der Waals surface area contributed by atoms with Crippen molar-refractivity contribution in [2.24, 2.45) is 0 Å². The monoisotopic (exact) mass is 562 g/mol. The van der Waals surface area contributed by atoms with Crippen LogP contribution in [-0.2, 0) is 9.31 Å². The molecule has 1 fully saturated rings. The number of fused-ring (bicyclic) bond motifs is 12. The quantitative estimate of drug-likeness (QED) is 0.148. The summed E-state index contributed by atoms with van der Waals surface area (Å²) in [5.41, 5.74) is 7.85. The lowest BCUT2D eigenvalue weighted by Crippen LogP contribution is -2.41. The lowest BCUT2D eigenvalue weighted by molar-refractivity contribution is 0.00578. The van der Waals surface area contributed by atoms with Crippen LogP contribution in [0.2, 0.25) is 0 Å². The first-order valence-corrected chi connectivity index (χ1v) is 15.5. The van der Waals surface area contributed by atoms with Crippen LogP contribution in [0.25, 0.3) is 74.8 Å². The molecule has 0 saturated carbocycles. The Balaban J connectivity index is 1.46. The maximum atomic E-state index is 6.57. The smallest absolute Gasteiger partial charge is 0.399 e. The summed E-state index contributed by atoms with van der Waals surface area (Å²) < 4.78 is 20.7. The number of para-hydroxylation sites is 3. The summed E-state index contributed by atoms with van der Waals surface area (Å²) in [7, 11) is -0.410. The predicted octanol–water partition coefficient (Wildman–Crippen LogP) is 8.91.